The van der Waals surface area contributed by atoms with E-state index in [1.54, 1.807) is 14.2 Å². The minimum atomic E-state index is 0.365. The van der Waals surface area contributed by atoms with Crippen molar-refractivity contribution >= 4 is 21.5 Å². The number of ether oxygens (including phenoxy) is 2. The molecule has 132 valence electrons. The highest BCUT2D eigenvalue weighted by Crippen LogP contribution is 2.45. The zero-order chi connectivity index (χ0) is 18.3. The van der Waals surface area contributed by atoms with Crippen LogP contribution >= 0.6 is 0 Å². The zero-order valence-electron chi connectivity index (χ0n) is 16.4. The Kier molecular flexibility index (Phi) is 4.64. The summed E-state index contributed by atoms with van der Waals surface area (Å²) in [6, 6.07) is 11.1. The smallest absolute Gasteiger partial charge is 0.130 e. The van der Waals surface area contributed by atoms with Crippen LogP contribution in [0, 0.1) is 6.92 Å². The topological polar surface area (TPSA) is 18.5 Å². The van der Waals surface area contributed by atoms with Gasteiger partial charge in [-0.1, -0.05) is 51.5 Å². The molecule has 0 saturated heterocycles. The van der Waals surface area contributed by atoms with E-state index < -0.39 is 0 Å². The fraction of sp³-hybridized carbons (Fsp3) is 0.391. The largest absolute Gasteiger partial charge is 0.496 e. The molecule has 3 rings (SSSR count). The Morgan fingerprint density at radius 2 is 1.52 bits per heavy atom. The third kappa shape index (κ3) is 2.84. The van der Waals surface area contributed by atoms with Gasteiger partial charge >= 0.3 is 0 Å². The van der Waals surface area contributed by atoms with Gasteiger partial charge in [0.1, 0.15) is 11.5 Å². The Morgan fingerprint density at radius 3 is 2.08 bits per heavy atom. The molecule has 2 heteroatoms. The first kappa shape index (κ1) is 17.6. The maximum absolute atomic E-state index is 5.88. The number of fused-ring (bicyclic) bond motifs is 2. The van der Waals surface area contributed by atoms with E-state index in [9.17, 15) is 0 Å². The molecule has 0 atom stereocenters. The molecule has 0 bridgehead atoms. The second-order valence-corrected chi connectivity index (χ2v) is 7.45. The van der Waals surface area contributed by atoms with Gasteiger partial charge in [0.25, 0.3) is 0 Å². The van der Waals surface area contributed by atoms with Gasteiger partial charge < -0.3 is 9.47 Å². The van der Waals surface area contributed by atoms with Crippen molar-refractivity contribution in [3.05, 3.63) is 47.0 Å². The quantitative estimate of drug-likeness (QED) is 0.502. The van der Waals surface area contributed by atoms with Crippen molar-refractivity contribution in [3.8, 4) is 11.5 Å². The van der Waals surface area contributed by atoms with E-state index in [1.165, 1.54) is 32.8 Å². The average molecular weight is 336 g/mol. The molecule has 0 heterocycles. The standard InChI is InChI=1S/C23H28O2/c1-13(2)18-12-20(24-6)22-19(23(18)25-7)11-16-10-15(5)8-9-17(16)21(22)14(3)4/h8-14H,1-7H3. The van der Waals surface area contributed by atoms with Gasteiger partial charge in [-0.15, -0.1) is 0 Å². The monoisotopic (exact) mass is 336 g/mol. The van der Waals surface area contributed by atoms with Crippen LogP contribution in [0.5, 0.6) is 11.5 Å². The molecule has 0 aliphatic carbocycles. The second-order valence-electron chi connectivity index (χ2n) is 7.45. The predicted molar refractivity (Wildman–Crippen MR) is 107 cm³/mol. The molecule has 0 unspecified atom stereocenters. The molecule has 3 aromatic carbocycles. The van der Waals surface area contributed by atoms with Gasteiger partial charge in [0.15, 0.2) is 0 Å². The van der Waals surface area contributed by atoms with Crippen LogP contribution in [0.25, 0.3) is 21.5 Å². The van der Waals surface area contributed by atoms with Crippen LogP contribution in [0.3, 0.4) is 0 Å². The highest BCUT2D eigenvalue weighted by Gasteiger charge is 2.21. The summed E-state index contributed by atoms with van der Waals surface area (Å²) in [5.41, 5.74) is 3.79. The molecule has 0 aliphatic rings. The van der Waals surface area contributed by atoms with Gasteiger partial charge in [-0.25, -0.2) is 0 Å². The number of methoxy groups -OCH3 is 2. The Balaban J connectivity index is 2.61. The van der Waals surface area contributed by atoms with E-state index in [1.807, 2.05) is 0 Å². The number of aryl methyl sites for hydroxylation is 1. The van der Waals surface area contributed by atoms with Crippen molar-refractivity contribution < 1.29 is 9.47 Å². The lowest BCUT2D eigenvalue weighted by atomic mass is 9.86. The van der Waals surface area contributed by atoms with Crippen molar-refractivity contribution in [1.82, 2.24) is 0 Å². The molecule has 2 nitrogen and oxygen atoms in total. The minimum Gasteiger partial charge on any atom is -0.496 e. The molecule has 0 aromatic heterocycles. The van der Waals surface area contributed by atoms with Crippen LogP contribution in [0.1, 0.15) is 56.2 Å². The van der Waals surface area contributed by atoms with Crippen molar-refractivity contribution in [2.24, 2.45) is 0 Å². The van der Waals surface area contributed by atoms with Crippen LogP contribution in [-0.4, -0.2) is 14.2 Å². The summed E-state index contributed by atoms with van der Waals surface area (Å²) in [4.78, 5) is 0. The normalized spacial score (nSPS) is 11.7. The molecule has 3 aromatic rings. The SMILES string of the molecule is COc1c(C(C)C)cc(OC)c2c(C(C)C)c3ccc(C)cc3cc12. The average Bonchev–Trinajstić information content (AvgIpc) is 2.57. The first-order valence-corrected chi connectivity index (χ1v) is 9.00. The fourth-order valence-electron chi connectivity index (χ4n) is 3.85. The van der Waals surface area contributed by atoms with Crippen LogP contribution in [0.15, 0.2) is 30.3 Å². The molecular formula is C23H28O2. The first-order chi connectivity index (χ1) is 11.9. The molecule has 0 spiro atoms. The van der Waals surface area contributed by atoms with Crippen LogP contribution in [0.2, 0.25) is 0 Å². The maximum atomic E-state index is 5.88. The van der Waals surface area contributed by atoms with Crippen molar-refractivity contribution in [2.45, 2.75) is 46.5 Å². The molecular weight excluding hydrogens is 308 g/mol. The van der Waals surface area contributed by atoms with Gasteiger partial charge in [0.05, 0.1) is 14.2 Å². The first-order valence-electron chi connectivity index (χ1n) is 9.00. The van der Waals surface area contributed by atoms with E-state index in [2.05, 4.69) is 65.0 Å². The summed E-state index contributed by atoms with van der Waals surface area (Å²) in [5.74, 6) is 2.66. The zero-order valence-corrected chi connectivity index (χ0v) is 16.4. The van der Waals surface area contributed by atoms with Gasteiger partial charge in [-0.3, -0.25) is 0 Å². The Labute approximate surface area is 150 Å². The van der Waals surface area contributed by atoms with E-state index in [0.717, 1.165) is 16.9 Å². The van der Waals surface area contributed by atoms with E-state index in [0.29, 0.717) is 11.8 Å². The Bertz CT molecular complexity index is 936. The highest BCUT2D eigenvalue weighted by molar-refractivity contribution is 6.08. The molecule has 0 amide bonds. The van der Waals surface area contributed by atoms with Gasteiger partial charge in [-0.2, -0.15) is 0 Å². The third-order valence-electron chi connectivity index (χ3n) is 5.00. The summed E-state index contributed by atoms with van der Waals surface area (Å²) in [5, 5.41) is 4.88. The Morgan fingerprint density at radius 1 is 0.800 bits per heavy atom. The van der Waals surface area contributed by atoms with Gasteiger partial charge in [-0.05, 0) is 47.2 Å². The predicted octanol–water partition coefficient (Wildman–Crippen LogP) is 6.57. The lowest BCUT2D eigenvalue weighted by Crippen LogP contribution is -2.01. The van der Waals surface area contributed by atoms with E-state index >= 15 is 0 Å². The molecule has 0 N–H and O–H groups in total. The molecule has 0 saturated carbocycles. The molecule has 25 heavy (non-hydrogen) atoms. The summed E-state index contributed by atoms with van der Waals surface area (Å²) in [6.45, 7) is 11.0. The van der Waals surface area contributed by atoms with E-state index in [-0.39, 0.29) is 0 Å². The summed E-state index contributed by atoms with van der Waals surface area (Å²) < 4.78 is 11.7. The van der Waals surface area contributed by atoms with E-state index in [4.69, 9.17) is 9.47 Å². The summed E-state index contributed by atoms with van der Waals surface area (Å²) in [7, 11) is 3.53. The second kappa shape index (κ2) is 6.59. The Hall–Kier alpha value is -2.22. The van der Waals surface area contributed by atoms with Crippen molar-refractivity contribution in [1.29, 1.82) is 0 Å². The summed E-state index contributed by atoms with van der Waals surface area (Å²) >= 11 is 0. The summed E-state index contributed by atoms with van der Waals surface area (Å²) in [6.07, 6.45) is 0. The lowest BCUT2D eigenvalue weighted by molar-refractivity contribution is 0.404. The molecule has 0 fully saturated rings. The van der Waals surface area contributed by atoms with Gasteiger partial charge in [0.2, 0.25) is 0 Å². The number of rotatable bonds is 4. The number of hydrogen-bond donors (Lipinski definition) is 0. The van der Waals surface area contributed by atoms with Crippen LogP contribution in [0.4, 0.5) is 0 Å². The van der Waals surface area contributed by atoms with Crippen LogP contribution in [-0.2, 0) is 0 Å². The molecule has 0 aliphatic heterocycles. The molecule has 0 radical (unpaired) electrons. The number of hydrogen-bond acceptors (Lipinski definition) is 2. The highest BCUT2D eigenvalue weighted by atomic mass is 16.5. The van der Waals surface area contributed by atoms with Crippen molar-refractivity contribution in [2.75, 3.05) is 14.2 Å². The maximum Gasteiger partial charge on any atom is 0.130 e. The minimum absolute atomic E-state index is 0.365. The van der Waals surface area contributed by atoms with Crippen LogP contribution < -0.4 is 9.47 Å². The van der Waals surface area contributed by atoms with Crippen molar-refractivity contribution in [3.63, 3.8) is 0 Å². The number of benzene rings is 3. The van der Waals surface area contributed by atoms with Gasteiger partial charge in [0, 0.05) is 16.3 Å². The fourth-order valence-corrected chi connectivity index (χ4v) is 3.85. The third-order valence-corrected chi connectivity index (χ3v) is 5.00. The lowest BCUT2D eigenvalue weighted by Gasteiger charge is -2.22.